The van der Waals surface area contributed by atoms with Gasteiger partial charge < -0.3 is 10.3 Å². The summed E-state index contributed by atoms with van der Waals surface area (Å²) in [5, 5.41) is 3.89. The van der Waals surface area contributed by atoms with Gasteiger partial charge in [0.25, 0.3) is 0 Å². The van der Waals surface area contributed by atoms with E-state index in [0.717, 1.165) is 25.1 Å². The van der Waals surface area contributed by atoms with Crippen molar-refractivity contribution in [2.75, 3.05) is 0 Å². The van der Waals surface area contributed by atoms with E-state index in [0.29, 0.717) is 11.8 Å². The van der Waals surface area contributed by atoms with Crippen LogP contribution in [0.4, 0.5) is 0 Å². The van der Waals surface area contributed by atoms with E-state index in [2.05, 4.69) is 24.0 Å². The summed E-state index contributed by atoms with van der Waals surface area (Å²) in [4.78, 5) is 4.25. The number of nitrogens with two attached hydrogens (primary N) is 1. The lowest BCUT2D eigenvalue weighted by atomic mass is 10.1. The van der Waals surface area contributed by atoms with Crippen molar-refractivity contribution in [1.82, 2.24) is 10.1 Å². The van der Waals surface area contributed by atoms with Gasteiger partial charge in [0.2, 0.25) is 5.89 Å². The van der Waals surface area contributed by atoms with E-state index in [4.69, 9.17) is 10.3 Å². The summed E-state index contributed by atoms with van der Waals surface area (Å²) in [5.74, 6) is 2.00. The largest absolute Gasteiger partial charge is 0.338 e. The third-order valence-corrected chi connectivity index (χ3v) is 2.19. The van der Waals surface area contributed by atoms with Crippen molar-refractivity contribution in [2.24, 2.45) is 11.7 Å². The second-order valence-corrected chi connectivity index (χ2v) is 4.00. The number of aromatic nitrogens is 2. The fourth-order valence-electron chi connectivity index (χ4n) is 1.11. The van der Waals surface area contributed by atoms with Crippen LogP contribution in [0.1, 0.15) is 51.4 Å². The van der Waals surface area contributed by atoms with Gasteiger partial charge in [-0.2, -0.15) is 4.98 Å². The molecule has 2 N–H and O–H groups in total. The summed E-state index contributed by atoms with van der Waals surface area (Å²) in [6, 6.07) is -0.115. The topological polar surface area (TPSA) is 64.9 Å². The molecular formula is C10H19N3O. The van der Waals surface area contributed by atoms with Crippen molar-refractivity contribution >= 4 is 0 Å². The minimum absolute atomic E-state index is 0.115. The van der Waals surface area contributed by atoms with Gasteiger partial charge in [-0.1, -0.05) is 25.9 Å². The zero-order valence-electron chi connectivity index (χ0n) is 9.16. The Morgan fingerprint density at radius 3 is 2.71 bits per heavy atom. The molecule has 1 rings (SSSR count). The van der Waals surface area contributed by atoms with Crippen LogP contribution in [0, 0.1) is 5.92 Å². The van der Waals surface area contributed by atoms with Crippen LogP contribution in [0.15, 0.2) is 4.52 Å². The standard InChI is InChI=1S/C10H19N3O/c1-4-8(11)10-12-9(13-14-10)6-5-7(2)3/h7-8H,4-6,11H2,1-3H3/t8-/m0/s1. The average molecular weight is 197 g/mol. The van der Waals surface area contributed by atoms with Crippen LogP contribution in [-0.4, -0.2) is 10.1 Å². The maximum absolute atomic E-state index is 5.77. The SMILES string of the molecule is CC[C@H](N)c1nc(CCC(C)C)no1. The van der Waals surface area contributed by atoms with Crippen LogP contribution in [0.5, 0.6) is 0 Å². The van der Waals surface area contributed by atoms with Gasteiger partial charge in [0.05, 0.1) is 6.04 Å². The number of hydrogen-bond acceptors (Lipinski definition) is 4. The summed E-state index contributed by atoms with van der Waals surface area (Å²) in [7, 11) is 0. The molecule has 1 heterocycles. The van der Waals surface area contributed by atoms with E-state index in [1.54, 1.807) is 0 Å². The molecule has 0 radical (unpaired) electrons. The molecule has 0 amide bonds. The molecule has 0 aromatic carbocycles. The summed E-state index contributed by atoms with van der Waals surface area (Å²) in [6.07, 6.45) is 2.78. The molecule has 0 saturated heterocycles. The molecule has 0 saturated carbocycles. The Morgan fingerprint density at radius 1 is 1.43 bits per heavy atom. The van der Waals surface area contributed by atoms with Gasteiger partial charge in [-0.15, -0.1) is 0 Å². The molecule has 0 aliphatic carbocycles. The van der Waals surface area contributed by atoms with E-state index in [1.165, 1.54) is 0 Å². The van der Waals surface area contributed by atoms with Crippen LogP contribution in [0.25, 0.3) is 0 Å². The molecule has 4 heteroatoms. The molecule has 1 aromatic heterocycles. The van der Waals surface area contributed by atoms with Crippen LogP contribution in [0.3, 0.4) is 0 Å². The van der Waals surface area contributed by atoms with Crippen molar-refractivity contribution in [1.29, 1.82) is 0 Å². The van der Waals surface area contributed by atoms with Crippen molar-refractivity contribution in [3.05, 3.63) is 11.7 Å². The molecule has 0 aliphatic rings. The highest BCUT2D eigenvalue weighted by molar-refractivity contribution is 4.91. The second-order valence-electron chi connectivity index (χ2n) is 4.00. The second kappa shape index (κ2) is 5.10. The van der Waals surface area contributed by atoms with E-state index < -0.39 is 0 Å². The Bertz CT molecular complexity index is 270. The van der Waals surface area contributed by atoms with E-state index in [-0.39, 0.29) is 6.04 Å². The lowest BCUT2D eigenvalue weighted by molar-refractivity contribution is 0.347. The van der Waals surface area contributed by atoms with Gasteiger partial charge in [0.1, 0.15) is 0 Å². The third-order valence-electron chi connectivity index (χ3n) is 2.19. The fourth-order valence-corrected chi connectivity index (χ4v) is 1.11. The maximum Gasteiger partial charge on any atom is 0.243 e. The van der Waals surface area contributed by atoms with Gasteiger partial charge in [0.15, 0.2) is 5.82 Å². The molecule has 0 bridgehead atoms. The van der Waals surface area contributed by atoms with E-state index in [9.17, 15) is 0 Å². The molecule has 80 valence electrons. The van der Waals surface area contributed by atoms with Crippen molar-refractivity contribution < 1.29 is 4.52 Å². The number of aryl methyl sites for hydroxylation is 1. The zero-order valence-corrected chi connectivity index (χ0v) is 9.16. The van der Waals surface area contributed by atoms with Crippen molar-refractivity contribution in [2.45, 2.75) is 46.1 Å². The van der Waals surface area contributed by atoms with E-state index >= 15 is 0 Å². The highest BCUT2D eigenvalue weighted by atomic mass is 16.5. The Morgan fingerprint density at radius 2 is 2.14 bits per heavy atom. The normalized spacial score (nSPS) is 13.5. The minimum Gasteiger partial charge on any atom is -0.338 e. The Labute approximate surface area is 84.9 Å². The summed E-state index contributed by atoms with van der Waals surface area (Å²) < 4.78 is 5.06. The summed E-state index contributed by atoms with van der Waals surface area (Å²) in [6.45, 7) is 6.36. The Kier molecular flexibility index (Phi) is 4.07. The van der Waals surface area contributed by atoms with Gasteiger partial charge in [-0.25, -0.2) is 0 Å². The van der Waals surface area contributed by atoms with Crippen LogP contribution in [-0.2, 0) is 6.42 Å². The molecule has 0 unspecified atom stereocenters. The highest BCUT2D eigenvalue weighted by Crippen LogP contribution is 2.12. The van der Waals surface area contributed by atoms with Crippen molar-refractivity contribution in [3.8, 4) is 0 Å². The third kappa shape index (κ3) is 3.10. The Balaban J connectivity index is 2.50. The molecule has 0 aliphatic heterocycles. The predicted molar refractivity (Wildman–Crippen MR) is 54.7 cm³/mol. The molecule has 1 atom stereocenters. The first-order valence-corrected chi connectivity index (χ1v) is 5.21. The average Bonchev–Trinajstić information content (AvgIpc) is 2.62. The Hall–Kier alpha value is -0.900. The van der Waals surface area contributed by atoms with E-state index in [1.807, 2.05) is 6.92 Å². The molecule has 1 aromatic rings. The number of rotatable bonds is 5. The highest BCUT2D eigenvalue weighted by Gasteiger charge is 2.12. The lowest BCUT2D eigenvalue weighted by Crippen LogP contribution is -2.09. The maximum atomic E-state index is 5.77. The first-order chi connectivity index (χ1) is 6.63. The molecule has 14 heavy (non-hydrogen) atoms. The monoisotopic (exact) mass is 197 g/mol. The zero-order chi connectivity index (χ0) is 10.6. The van der Waals surface area contributed by atoms with Crippen molar-refractivity contribution in [3.63, 3.8) is 0 Å². The van der Waals surface area contributed by atoms with Crippen LogP contribution >= 0.6 is 0 Å². The molecule has 0 spiro atoms. The number of hydrogen-bond donors (Lipinski definition) is 1. The fraction of sp³-hybridized carbons (Fsp3) is 0.800. The van der Waals surface area contributed by atoms with Crippen LogP contribution in [0.2, 0.25) is 0 Å². The van der Waals surface area contributed by atoms with Crippen LogP contribution < -0.4 is 5.73 Å². The predicted octanol–water partition coefficient (Wildman–Crippen LogP) is 2.07. The molecule has 4 nitrogen and oxygen atoms in total. The molecular weight excluding hydrogens is 178 g/mol. The summed E-state index contributed by atoms with van der Waals surface area (Å²) in [5.41, 5.74) is 5.77. The van der Waals surface area contributed by atoms with Gasteiger partial charge in [-0.05, 0) is 18.8 Å². The molecule has 0 fully saturated rings. The van der Waals surface area contributed by atoms with Gasteiger partial charge >= 0.3 is 0 Å². The minimum atomic E-state index is -0.115. The summed E-state index contributed by atoms with van der Waals surface area (Å²) >= 11 is 0. The van der Waals surface area contributed by atoms with Gasteiger partial charge in [-0.3, -0.25) is 0 Å². The first kappa shape index (κ1) is 11.2. The van der Waals surface area contributed by atoms with Gasteiger partial charge in [0, 0.05) is 6.42 Å². The smallest absolute Gasteiger partial charge is 0.243 e. The number of nitrogens with zero attached hydrogens (tertiary/aromatic N) is 2. The quantitative estimate of drug-likeness (QED) is 0.784. The lowest BCUT2D eigenvalue weighted by Gasteiger charge is -2.00. The first-order valence-electron chi connectivity index (χ1n) is 5.21.